The maximum absolute atomic E-state index is 12.4. The van der Waals surface area contributed by atoms with Crippen LogP contribution in [0.2, 0.25) is 0 Å². The van der Waals surface area contributed by atoms with Crippen molar-refractivity contribution in [1.82, 2.24) is 4.98 Å². The molecule has 5 aromatic carbocycles. The third-order valence-electron chi connectivity index (χ3n) is 6.28. The molecule has 0 radical (unpaired) electrons. The minimum atomic E-state index is -3.52. The van der Waals surface area contributed by atoms with Crippen molar-refractivity contribution < 1.29 is 13.0 Å². The van der Waals surface area contributed by atoms with E-state index in [1.807, 2.05) is 78.9 Å². The quantitative estimate of drug-likeness (QED) is 0.146. The van der Waals surface area contributed by atoms with Gasteiger partial charge in [0.05, 0.1) is 16.3 Å². The average Bonchev–Trinajstić information content (AvgIpc) is 2.88. The average molecular weight is 492 g/mol. The second kappa shape index (κ2) is 8.32. The molecule has 0 aliphatic heterocycles. The number of nitrogens with zero attached hydrogens (tertiary/aromatic N) is 2. The summed E-state index contributed by atoms with van der Waals surface area (Å²) in [6, 6.07) is 33.4. The first-order valence-electron chi connectivity index (χ1n) is 11.5. The summed E-state index contributed by atoms with van der Waals surface area (Å²) in [5, 5.41) is 5.53. The van der Waals surface area contributed by atoms with Gasteiger partial charge in [-0.2, -0.15) is 0 Å². The minimum absolute atomic E-state index is 0.0770. The molecule has 0 aliphatic rings. The first-order chi connectivity index (χ1) is 17.4. The molecular formula is C29H23N4O2S+. The number of hydrogen-bond acceptors (Lipinski definition) is 5. The highest BCUT2D eigenvalue weighted by molar-refractivity contribution is 7.90. The van der Waals surface area contributed by atoms with E-state index in [4.69, 9.17) is 10.7 Å². The first-order valence-corrected chi connectivity index (χ1v) is 13.4. The molecule has 0 fully saturated rings. The maximum atomic E-state index is 12.4. The van der Waals surface area contributed by atoms with Gasteiger partial charge in [0.25, 0.3) is 0 Å². The molecule has 36 heavy (non-hydrogen) atoms. The van der Waals surface area contributed by atoms with E-state index in [1.54, 1.807) is 12.1 Å². The van der Waals surface area contributed by atoms with Crippen LogP contribution in [0.5, 0.6) is 0 Å². The molecule has 0 saturated heterocycles. The number of benzene rings is 5. The number of nitrogens with two attached hydrogens (primary N) is 1. The lowest BCUT2D eigenvalue weighted by Gasteiger charge is -2.13. The molecule has 1 aromatic heterocycles. The van der Waals surface area contributed by atoms with Gasteiger partial charge in [-0.15, -0.1) is 4.57 Å². The van der Waals surface area contributed by atoms with Crippen LogP contribution < -0.4 is 15.6 Å². The van der Waals surface area contributed by atoms with Crippen molar-refractivity contribution in [3.05, 3.63) is 103 Å². The van der Waals surface area contributed by atoms with Crippen LogP contribution in [0.15, 0.2) is 108 Å². The summed E-state index contributed by atoms with van der Waals surface area (Å²) >= 11 is 0. The molecule has 0 atom stereocenters. The van der Waals surface area contributed by atoms with Gasteiger partial charge >= 0.3 is 0 Å². The SMILES string of the molecule is CS(=O)(=O)c1cc2nc3c4ccccc4c(Nc4ccccc4)cc3[n+](-c3ccccc3)c2cc1N. The molecule has 0 amide bonds. The first kappa shape index (κ1) is 22.0. The Balaban J connectivity index is 1.78. The van der Waals surface area contributed by atoms with E-state index in [-0.39, 0.29) is 10.6 Å². The Morgan fingerprint density at radius 3 is 2.11 bits per heavy atom. The second-order valence-corrected chi connectivity index (χ2v) is 10.7. The van der Waals surface area contributed by atoms with Gasteiger partial charge in [-0.25, -0.2) is 13.4 Å². The number of rotatable bonds is 4. The molecule has 7 heteroatoms. The molecule has 176 valence electrons. The van der Waals surface area contributed by atoms with Crippen LogP contribution in [0.3, 0.4) is 0 Å². The lowest BCUT2D eigenvalue weighted by molar-refractivity contribution is -0.538. The van der Waals surface area contributed by atoms with Crippen molar-refractivity contribution in [3.63, 3.8) is 0 Å². The number of nitrogens with one attached hydrogen (secondary N) is 1. The highest BCUT2D eigenvalue weighted by Gasteiger charge is 2.25. The highest BCUT2D eigenvalue weighted by Crippen LogP contribution is 2.34. The fourth-order valence-corrected chi connectivity index (χ4v) is 5.50. The number of nitrogen functional groups attached to an aromatic ring is 1. The summed E-state index contributed by atoms with van der Waals surface area (Å²) in [6.45, 7) is 0. The standard InChI is InChI=1S/C29H22N4O2S/c1-36(34,35)28-18-25-26(16-23(28)30)33(20-12-6-3-7-13-20)27-17-24(31-19-10-4-2-5-11-19)21-14-8-9-15-22(21)29(27)32-25/h2-18H,1H3,(H2,30,31)/p+1. The number of hydrogen-bond donors (Lipinski definition) is 2. The van der Waals surface area contributed by atoms with Crippen molar-refractivity contribution in [1.29, 1.82) is 0 Å². The monoisotopic (exact) mass is 491 g/mol. The summed E-state index contributed by atoms with van der Waals surface area (Å²) in [4.78, 5) is 5.06. The molecule has 6 aromatic rings. The summed E-state index contributed by atoms with van der Waals surface area (Å²) < 4.78 is 26.9. The van der Waals surface area contributed by atoms with Gasteiger partial charge in [-0.3, -0.25) is 0 Å². The molecule has 0 bridgehead atoms. The van der Waals surface area contributed by atoms with Crippen molar-refractivity contribution in [2.75, 3.05) is 17.3 Å². The van der Waals surface area contributed by atoms with Gasteiger partial charge in [0.2, 0.25) is 16.7 Å². The number of para-hydroxylation sites is 2. The van der Waals surface area contributed by atoms with Crippen LogP contribution in [0.4, 0.5) is 17.1 Å². The molecular weight excluding hydrogens is 468 g/mol. The van der Waals surface area contributed by atoms with Crippen molar-refractivity contribution in [2.24, 2.45) is 0 Å². The second-order valence-electron chi connectivity index (χ2n) is 8.76. The number of fused-ring (bicyclic) bond motifs is 4. The third kappa shape index (κ3) is 3.70. The van der Waals surface area contributed by atoms with E-state index >= 15 is 0 Å². The summed E-state index contributed by atoms with van der Waals surface area (Å²) in [5.74, 6) is 0. The third-order valence-corrected chi connectivity index (χ3v) is 7.44. The van der Waals surface area contributed by atoms with Crippen molar-refractivity contribution in [3.8, 4) is 5.69 Å². The van der Waals surface area contributed by atoms with Crippen LogP contribution in [0, 0.1) is 0 Å². The molecule has 0 unspecified atom stereocenters. The molecule has 0 saturated carbocycles. The Morgan fingerprint density at radius 2 is 1.42 bits per heavy atom. The number of aromatic nitrogens is 2. The topological polar surface area (TPSA) is 89.0 Å². The smallest absolute Gasteiger partial charge is 0.240 e. The van der Waals surface area contributed by atoms with Gasteiger partial charge < -0.3 is 11.1 Å². The van der Waals surface area contributed by atoms with Crippen LogP contribution in [-0.4, -0.2) is 19.7 Å². The normalized spacial score (nSPS) is 11.8. The number of anilines is 3. The predicted molar refractivity (Wildman–Crippen MR) is 146 cm³/mol. The Kier molecular flexibility index (Phi) is 5.09. The van der Waals surface area contributed by atoms with E-state index < -0.39 is 9.84 Å². The minimum Gasteiger partial charge on any atom is -0.397 e. The molecule has 1 heterocycles. The van der Waals surface area contributed by atoms with Crippen molar-refractivity contribution >= 4 is 59.7 Å². The molecule has 3 N–H and O–H groups in total. The molecule has 6 nitrogen and oxygen atoms in total. The molecule has 0 spiro atoms. The van der Waals surface area contributed by atoms with Gasteiger partial charge in [0, 0.05) is 47.0 Å². The van der Waals surface area contributed by atoms with E-state index in [1.165, 1.54) is 0 Å². The molecule has 0 aliphatic carbocycles. The van der Waals surface area contributed by atoms with Crippen LogP contribution >= 0.6 is 0 Å². The van der Waals surface area contributed by atoms with Crippen LogP contribution in [0.25, 0.3) is 38.5 Å². The Morgan fingerprint density at radius 1 is 0.778 bits per heavy atom. The maximum Gasteiger partial charge on any atom is 0.240 e. The summed E-state index contributed by atoms with van der Waals surface area (Å²) in [6.07, 6.45) is 1.16. The predicted octanol–water partition coefficient (Wildman–Crippen LogP) is 5.55. The van der Waals surface area contributed by atoms with E-state index in [2.05, 4.69) is 22.0 Å². The summed E-state index contributed by atoms with van der Waals surface area (Å²) in [5.41, 5.74) is 12.2. The fourth-order valence-electron chi connectivity index (χ4n) is 4.68. The Labute approximate surface area is 208 Å². The van der Waals surface area contributed by atoms with Crippen LogP contribution in [0.1, 0.15) is 0 Å². The molecule has 6 rings (SSSR count). The highest BCUT2D eigenvalue weighted by atomic mass is 32.2. The lowest BCUT2D eigenvalue weighted by Crippen LogP contribution is -2.33. The van der Waals surface area contributed by atoms with Gasteiger partial charge in [-0.05, 0) is 18.2 Å². The Bertz CT molecular complexity index is 1890. The van der Waals surface area contributed by atoms with Gasteiger partial charge in [0.15, 0.2) is 9.84 Å². The van der Waals surface area contributed by atoms with Gasteiger partial charge in [-0.1, -0.05) is 60.7 Å². The number of sulfone groups is 1. The van der Waals surface area contributed by atoms with Crippen LogP contribution in [-0.2, 0) is 9.84 Å². The zero-order valence-corrected chi connectivity index (χ0v) is 20.3. The fraction of sp³-hybridized carbons (Fsp3) is 0.0345. The van der Waals surface area contributed by atoms with E-state index in [0.29, 0.717) is 5.52 Å². The summed E-state index contributed by atoms with van der Waals surface area (Å²) in [7, 11) is -3.52. The van der Waals surface area contributed by atoms with E-state index in [9.17, 15) is 8.42 Å². The van der Waals surface area contributed by atoms with Crippen molar-refractivity contribution in [2.45, 2.75) is 4.90 Å². The Hall–Kier alpha value is -4.49. The van der Waals surface area contributed by atoms with E-state index in [0.717, 1.165) is 50.6 Å². The zero-order valence-electron chi connectivity index (χ0n) is 19.5. The van der Waals surface area contributed by atoms with Gasteiger partial charge in [0.1, 0.15) is 11.0 Å². The zero-order chi connectivity index (χ0) is 24.9. The lowest BCUT2D eigenvalue weighted by atomic mass is 10.0. The largest absolute Gasteiger partial charge is 0.397 e.